The molecule has 3 heterocycles. The van der Waals surface area contributed by atoms with Crippen molar-refractivity contribution in [2.45, 2.75) is 56.8 Å². The molecule has 0 unspecified atom stereocenters. The Morgan fingerprint density at radius 1 is 1.21 bits per heavy atom. The van der Waals surface area contributed by atoms with Gasteiger partial charge in [0.05, 0.1) is 5.39 Å². The van der Waals surface area contributed by atoms with Crippen LogP contribution in [0, 0.1) is 5.92 Å². The second-order valence-electron chi connectivity index (χ2n) is 8.02. The van der Waals surface area contributed by atoms with Crippen LogP contribution in [-0.4, -0.2) is 22.4 Å². The van der Waals surface area contributed by atoms with Crippen molar-refractivity contribution in [3.8, 4) is 11.5 Å². The molecule has 4 atom stereocenters. The SMILES string of the molecule is CC1(C)Oc2cc3oc(=O)ccc3c3c2[C@@H]2[C@H]1CC[C@](C)(O3)[C@@H]2O. The van der Waals surface area contributed by atoms with Crippen molar-refractivity contribution in [3.05, 3.63) is 34.2 Å². The van der Waals surface area contributed by atoms with E-state index in [0.29, 0.717) is 17.1 Å². The van der Waals surface area contributed by atoms with Crippen molar-refractivity contribution < 1.29 is 19.0 Å². The molecule has 2 bridgehead atoms. The van der Waals surface area contributed by atoms with Crippen molar-refractivity contribution in [1.29, 1.82) is 0 Å². The van der Waals surface area contributed by atoms with Gasteiger partial charge in [-0.15, -0.1) is 0 Å². The van der Waals surface area contributed by atoms with E-state index in [-0.39, 0.29) is 11.8 Å². The van der Waals surface area contributed by atoms with Gasteiger partial charge in [-0.1, -0.05) is 0 Å². The Morgan fingerprint density at radius 3 is 2.79 bits per heavy atom. The molecule has 1 fully saturated rings. The highest BCUT2D eigenvalue weighted by atomic mass is 16.5. The fourth-order valence-corrected chi connectivity index (χ4v) is 4.90. The van der Waals surface area contributed by atoms with Crippen LogP contribution in [0.15, 0.2) is 27.4 Å². The van der Waals surface area contributed by atoms with Gasteiger partial charge in [-0.05, 0) is 39.7 Å². The molecule has 1 aromatic carbocycles. The summed E-state index contributed by atoms with van der Waals surface area (Å²) >= 11 is 0. The molecule has 0 radical (unpaired) electrons. The molecule has 0 spiro atoms. The molecule has 1 N–H and O–H groups in total. The van der Waals surface area contributed by atoms with Crippen LogP contribution in [-0.2, 0) is 0 Å². The summed E-state index contributed by atoms with van der Waals surface area (Å²) in [5, 5.41) is 11.8. The highest BCUT2D eigenvalue weighted by molar-refractivity contribution is 5.88. The summed E-state index contributed by atoms with van der Waals surface area (Å²) in [4.78, 5) is 11.6. The van der Waals surface area contributed by atoms with E-state index in [0.717, 1.165) is 23.8 Å². The van der Waals surface area contributed by atoms with Crippen LogP contribution < -0.4 is 15.1 Å². The molecule has 24 heavy (non-hydrogen) atoms. The number of rotatable bonds is 0. The first-order chi connectivity index (χ1) is 11.3. The molecular formula is C19H20O5. The molecule has 5 nitrogen and oxygen atoms in total. The Kier molecular flexibility index (Phi) is 2.48. The van der Waals surface area contributed by atoms with E-state index in [1.807, 2.05) is 6.92 Å². The fraction of sp³-hybridized carbons (Fsp3) is 0.526. The largest absolute Gasteiger partial charge is 0.487 e. The summed E-state index contributed by atoms with van der Waals surface area (Å²) in [5.74, 6) is 1.55. The molecule has 1 aromatic heterocycles. The predicted octanol–water partition coefficient (Wildman–Crippen LogP) is 2.97. The molecule has 5 heteroatoms. The summed E-state index contributed by atoms with van der Waals surface area (Å²) in [6, 6.07) is 4.91. The highest BCUT2D eigenvalue weighted by Gasteiger charge is 2.59. The second kappa shape index (κ2) is 4.14. The quantitative estimate of drug-likeness (QED) is 0.753. The van der Waals surface area contributed by atoms with Crippen molar-refractivity contribution in [2.24, 2.45) is 5.92 Å². The van der Waals surface area contributed by atoms with Gasteiger partial charge in [0.15, 0.2) is 0 Å². The minimum atomic E-state index is -0.622. The summed E-state index contributed by atoms with van der Waals surface area (Å²) < 4.78 is 17.9. The second-order valence-corrected chi connectivity index (χ2v) is 8.02. The Balaban J connectivity index is 1.90. The van der Waals surface area contributed by atoms with Gasteiger partial charge in [-0.3, -0.25) is 0 Å². The predicted molar refractivity (Wildman–Crippen MR) is 87.7 cm³/mol. The third-order valence-electron chi connectivity index (χ3n) is 6.16. The Labute approximate surface area is 139 Å². The average Bonchev–Trinajstić information content (AvgIpc) is 2.47. The minimum Gasteiger partial charge on any atom is -0.487 e. The van der Waals surface area contributed by atoms with E-state index in [9.17, 15) is 9.90 Å². The first-order valence-corrected chi connectivity index (χ1v) is 8.47. The first-order valence-electron chi connectivity index (χ1n) is 8.47. The van der Waals surface area contributed by atoms with Crippen LogP contribution in [0.3, 0.4) is 0 Å². The molecule has 0 saturated heterocycles. The molecule has 2 aliphatic heterocycles. The zero-order chi connectivity index (χ0) is 16.9. The minimum absolute atomic E-state index is 0.0254. The van der Waals surface area contributed by atoms with E-state index < -0.39 is 22.9 Å². The van der Waals surface area contributed by atoms with Gasteiger partial charge < -0.3 is 19.0 Å². The van der Waals surface area contributed by atoms with Crippen LogP contribution in [0.1, 0.15) is 45.1 Å². The van der Waals surface area contributed by atoms with Gasteiger partial charge in [0, 0.05) is 29.5 Å². The topological polar surface area (TPSA) is 68.9 Å². The average molecular weight is 328 g/mol. The maximum absolute atomic E-state index is 11.6. The smallest absolute Gasteiger partial charge is 0.336 e. The van der Waals surface area contributed by atoms with Crippen LogP contribution in [0.5, 0.6) is 11.5 Å². The standard InChI is InChI=1S/C19H20O5/c1-18(2)10-6-7-19(3)17(21)14(10)15-12(23-18)8-11-9(16(15)24-19)4-5-13(20)22-11/h4-5,8,10,14,17,21H,6-7H2,1-3H3/t10-,14+,17-,19+/m1/s1. The fourth-order valence-electron chi connectivity index (χ4n) is 4.90. The van der Waals surface area contributed by atoms with E-state index in [1.165, 1.54) is 6.07 Å². The van der Waals surface area contributed by atoms with E-state index >= 15 is 0 Å². The summed E-state index contributed by atoms with van der Waals surface area (Å²) in [6.07, 6.45) is 1.15. The number of hydrogen-bond donors (Lipinski definition) is 1. The van der Waals surface area contributed by atoms with E-state index in [4.69, 9.17) is 13.9 Å². The number of fused-ring (bicyclic) bond motifs is 3. The van der Waals surface area contributed by atoms with Crippen molar-refractivity contribution >= 4 is 11.0 Å². The summed E-state index contributed by atoms with van der Waals surface area (Å²) in [5.41, 5.74) is -0.0283. The highest BCUT2D eigenvalue weighted by Crippen LogP contribution is 2.61. The number of ether oxygens (including phenoxy) is 2. The van der Waals surface area contributed by atoms with Gasteiger partial charge in [-0.2, -0.15) is 0 Å². The lowest BCUT2D eigenvalue weighted by molar-refractivity contribution is -0.147. The third kappa shape index (κ3) is 1.61. The van der Waals surface area contributed by atoms with Crippen LogP contribution in [0.25, 0.3) is 11.0 Å². The summed E-state index contributed by atoms with van der Waals surface area (Å²) in [6.45, 7) is 6.10. The molecule has 126 valence electrons. The monoisotopic (exact) mass is 328 g/mol. The van der Waals surface area contributed by atoms with Crippen molar-refractivity contribution in [3.63, 3.8) is 0 Å². The van der Waals surface area contributed by atoms with Gasteiger partial charge in [0.1, 0.15) is 34.4 Å². The Morgan fingerprint density at radius 2 is 2.00 bits per heavy atom. The lowest BCUT2D eigenvalue weighted by Crippen LogP contribution is -2.61. The zero-order valence-electron chi connectivity index (χ0n) is 14.0. The van der Waals surface area contributed by atoms with Crippen molar-refractivity contribution in [2.75, 3.05) is 0 Å². The first kappa shape index (κ1) is 14.3. The van der Waals surface area contributed by atoms with Gasteiger partial charge >= 0.3 is 5.63 Å². The number of aliphatic hydroxyl groups excluding tert-OH is 1. The molecule has 1 aliphatic carbocycles. The van der Waals surface area contributed by atoms with Crippen LogP contribution in [0.4, 0.5) is 0 Å². The molecular weight excluding hydrogens is 308 g/mol. The molecule has 2 aromatic rings. The van der Waals surface area contributed by atoms with Gasteiger partial charge in [-0.25, -0.2) is 4.79 Å². The Hall–Kier alpha value is -2.01. The molecule has 1 saturated carbocycles. The zero-order valence-corrected chi connectivity index (χ0v) is 14.0. The Bertz CT molecular complexity index is 927. The lowest BCUT2D eigenvalue weighted by Gasteiger charge is -2.57. The van der Waals surface area contributed by atoms with Crippen LogP contribution >= 0.6 is 0 Å². The molecule has 3 aliphatic rings. The molecule has 0 amide bonds. The van der Waals surface area contributed by atoms with Gasteiger partial charge in [0.25, 0.3) is 0 Å². The van der Waals surface area contributed by atoms with E-state index in [1.54, 1.807) is 12.1 Å². The number of hydrogen-bond acceptors (Lipinski definition) is 5. The third-order valence-corrected chi connectivity index (χ3v) is 6.16. The normalized spacial score (nSPS) is 35.2. The van der Waals surface area contributed by atoms with E-state index in [2.05, 4.69) is 13.8 Å². The number of benzene rings is 1. The van der Waals surface area contributed by atoms with Crippen molar-refractivity contribution in [1.82, 2.24) is 0 Å². The summed E-state index contributed by atoms with van der Waals surface area (Å²) in [7, 11) is 0. The maximum Gasteiger partial charge on any atom is 0.336 e. The lowest BCUT2D eigenvalue weighted by atomic mass is 9.60. The molecule has 5 rings (SSSR count). The van der Waals surface area contributed by atoms with Crippen LogP contribution in [0.2, 0.25) is 0 Å². The maximum atomic E-state index is 11.6. The van der Waals surface area contributed by atoms with Gasteiger partial charge in [0.2, 0.25) is 0 Å². The number of aliphatic hydroxyl groups is 1.